The maximum atomic E-state index is 13.8. The van der Waals surface area contributed by atoms with Gasteiger partial charge in [0.2, 0.25) is 0 Å². The zero-order chi connectivity index (χ0) is 18.0. The van der Waals surface area contributed by atoms with Crippen LogP contribution in [0.3, 0.4) is 0 Å². The monoisotopic (exact) mass is 367 g/mol. The van der Waals surface area contributed by atoms with Crippen LogP contribution < -0.4 is 10.6 Å². The van der Waals surface area contributed by atoms with Gasteiger partial charge in [-0.3, -0.25) is 4.79 Å². The number of hydrogen-bond donors (Lipinski definition) is 2. The van der Waals surface area contributed by atoms with Crippen LogP contribution in [0, 0.1) is 11.3 Å². The Bertz CT molecular complexity index is 761. The number of thioether (sulfide) groups is 1. The van der Waals surface area contributed by atoms with Crippen molar-refractivity contribution in [3.05, 3.63) is 39.9 Å². The fraction of sp³-hybridized carbons (Fsp3) is 0.412. The third kappa shape index (κ3) is 3.67. The molecule has 0 bridgehead atoms. The second kappa shape index (κ2) is 7.10. The molecule has 3 rings (SSSR count). The van der Waals surface area contributed by atoms with E-state index >= 15 is 0 Å². The predicted molar refractivity (Wildman–Crippen MR) is 90.0 cm³/mol. The third-order valence-electron chi connectivity index (χ3n) is 4.37. The topological polar surface area (TPSA) is 64.9 Å². The lowest BCUT2D eigenvalue weighted by atomic mass is 9.86. The first-order chi connectivity index (χ1) is 11.9. The number of hydrogen-bond acceptors (Lipinski definition) is 5. The second-order valence-corrected chi connectivity index (χ2v) is 6.93. The molecule has 0 spiro atoms. The molecule has 1 saturated heterocycles. The summed E-state index contributed by atoms with van der Waals surface area (Å²) in [6.45, 7) is 1.38. The van der Waals surface area contributed by atoms with Crippen LogP contribution in [0.15, 0.2) is 28.8 Å². The Morgan fingerprint density at radius 3 is 2.64 bits per heavy atom. The van der Waals surface area contributed by atoms with Crippen LogP contribution >= 0.6 is 11.8 Å². The highest BCUT2D eigenvalue weighted by Gasteiger charge is 2.39. The highest BCUT2D eigenvalue weighted by atomic mass is 32.2. The highest BCUT2D eigenvalue weighted by Crippen LogP contribution is 2.43. The van der Waals surface area contributed by atoms with Crippen LogP contribution in [0.25, 0.3) is 0 Å². The first-order valence-electron chi connectivity index (χ1n) is 7.90. The molecule has 0 aliphatic carbocycles. The number of alkyl halides is 3. The van der Waals surface area contributed by atoms with Crippen molar-refractivity contribution in [2.24, 2.45) is 0 Å². The van der Waals surface area contributed by atoms with Gasteiger partial charge in [0, 0.05) is 0 Å². The summed E-state index contributed by atoms with van der Waals surface area (Å²) < 4.78 is 41.3. The quantitative estimate of drug-likeness (QED) is 0.854. The molecule has 0 unspecified atom stereocenters. The summed E-state index contributed by atoms with van der Waals surface area (Å²) in [7, 11) is 0. The first-order valence-corrected chi connectivity index (χ1v) is 8.88. The van der Waals surface area contributed by atoms with Gasteiger partial charge in [-0.1, -0.05) is 23.9 Å². The lowest BCUT2D eigenvalue weighted by Gasteiger charge is -2.27. The van der Waals surface area contributed by atoms with Crippen LogP contribution in [-0.2, 0) is 11.0 Å². The van der Waals surface area contributed by atoms with Crippen molar-refractivity contribution in [3.8, 4) is 6.07 Å². The van der Waals surface area contributed by atoms with Crippen LogP contribution in [0.1, 0.15) is 29.9 Å². The molecule has 0 aromatic heterocycles. The van der Waals surface area contributed by atoms with Crippen molar-refractivity contribution in [2.45, 2.75) is 24.9 Å². The van der Waals surface area contributed by atoms with E-state index < -0.39 is 11.7 Å². The summed E-state index contributed by atoms with van der Waals surface area (Å²) in [6.07, 6.45) is -3.23. The van der Waals surface area contributed by atoms with Gasteiger partial charge in [-0.15, -0.1) is 0 Å². The molecule has 0 amide bonds. The third-order valence-corrected chi connectivity index (χ3v) is 5.37. The van der Waals surface area contributed by atoms with Gasteiger partial charge in [-0.05, 0) is 43.5 Å². The number of Topliss-reactive ketones (excluding diaryl/α,β-unsaturated/α-hetero) is 1. The largest absolute Gasteiger partial charge is 0.418 e. The summed E-state index contributed by atoms with van der Waals surface area (Å²) in [6, 6.07) is 6.23. The van der Waals surface area contributed by atoms with Gasteiger partial charge in [0.05, 0.1) is 22.0 Å². The minimum absolute atomic E-state index is 0.0700. The number of carbonyl (C=O) groups is 1. The Hall–Kier alpha value is -1.98. The van der Waals surface area contributed by atoms with Gasteiger partial charge in [-0.25, -0.2) is 0 Å². The molecular formula is C17H16F3N3OS. The van der Waals surface area contributed by atoms with E-state index in [1.807, 2.05) is 0 Å². The van der Waals surface area contributed by atoms with Gasteiger partial charge < -0.3 is 10.6 Å². The number of anilines is 1. The van der Waals surface area contributed by atoms with Crippen LogP contribution in [0.4, 0.5) is 18.9 Å². The van der Waals surface area contributed by atoms with Crippen molar-refractivity contribution in [2.75, 3.05) is 24.2 Å². The molecule has 0 atom stereocenters. The van der Waals surface area contributed by atoms with E-state index in [0.717, 1.165) is 11.8 Å². The Balaban J connectivity index is 2.03. The smallest absolute Gasteiger partial charge is 0.349 e. The van der Waals surface area contributed by atoms with E-state index in [2.05, 4.69) is 10.6 Å². The molecular weight excluding hydrogens is 351 g/mol. The van der Waals surface area contributed by atoms with Crippen molar-refractivity contribution in [1.82, 2.24) is 5.32 Å². The number of carbonyl (C=O) groups excluding carboxylic acids is 1. The first kappa shape index (κ1) is 17.8. The van der Waals surface area contributed by atoms with Gasteiger partial charge in [-0.2, -0.15) is 18.4 Å². The van der Waals surface area contributed by atoms with Crippen molar-refractivity contribution in [3.63, 3.8) is 0 Å². The normalized spacial score (nSPS) is 19.2. The summed E-state index contributed by atoms with van der Waals surface area (Å²) in [5, 5.41) is 15.1. The van der Waals surface area contributed by atoms with Gasteiger partial charge in [0.15, 0.2) is 5.78 Å². The lowest BCUT2D eigenvalue weighted by molar-refractivity contribution is -0.137. The van der Waals surface area contributed by atoms with Gasteiger partial charge >= 0.3 is 6.18 Å². The molecule has 25 heavy (non-hydrogen) atoms. The zero-order valence-corrected chi connectivity index (χ0v) is 14.1. The molecule has 2 heterocycles. The molecule has 8 heteroatoms. The molecule has 0 saturated carbocycles. The Kier molecular flexibility index (Phi) is 5.06. The lowest BCUT2D eigenvalue weighted by Crippen LogP contribution is -2.28. The molecule has 1 aromatic carbocycles. The highest BCUT2D eigenvalue weighted by molar-refractivity contribution is 8.04. The maximum Gasteiger partial charge on any atom is 0.418 e. The number of nitrogens with zero attached hydrogens (tertiary/aromatic N) is 1. The van der Waals surface area contributed by atoms with E-state index in [1.54, 1.807) is 12.1 Å². The summed E-state index contributed by atoms with van der Waals surface area (Å²) >= 11 is 1.06. The molecule has 2 aliphatic heterocycles. The van der Waals surface area contributed by atoms with E-state index in [0.29, 0.717) is 25.9 Å². The fourth-order valence-electron chi connectivity index (χ4n) is 3.21. The van der Waals surface area contributed by atoms with E-state index in [1.165, 1.54) is 12.1 Å². The summed E-state index contributed by atoms with van der Waals surface area (Å²) in [5.74, 6) is -0.458. The van der Waals surface area contributed by atoms with Crippen LogP contribution in [0.2, 0.25) is 0 Å². The van der Waals surface area contributed by atoms with Crippen molar-refractivity contribution >= 4 is 23.2 Å². The second-order valence-electron chi connectivity index (χ2n) is 5.94. The molecule has 2 aliphatic rings. The Morgan fingerprint density at radius 1 is 1.28 bits per heavy atom. The molecule has 132 valence electrons. The number of nitrogens with one attached hydrogen (secondary N) is 2. The van der Waals surface area contributed by atoms with E-state index in [4.69, 9.17) is 5.26 Å². The summed E-state index contributed by atoms with van der Waals surface area (Å²) in [4.78, 5) is 11.6. The van der Waals surface area contributed by atoms with E-state index in [-0.39, 0.29) is 39.3 Å². The number of allylic oxidation sites excluding steroid dienone is 1. The standard InChI is InChI=1S/C17H16F3N3OS/c18-17(19,20)15-11(10-4-6-22-7-5-10)2-1-3-13(15)23-16-12(8-21)14(24)9-25-16/h1-3,10,22-23H,4-7,9H2. The minimum Gasteiger partial charge on any atom is -0.349 e. The molecule has 1 fully saturated rings. The number of benzene rings is 1. The predicted octanol–water partition coefficient (Wildman–Crippen LogP) is 3.64. The number of piperidine rings is 1. The zero-order valence-electron chi connectivity index (χ0n) is 13.2. The van der Waals surface area contributed by atoms with Crippen LogP contribution in [-0.4, -0.2) is 24.6 Å². The SMILES string of the molecule is N#CC1=C(Nc2cccc(C3CCNCC3)c2C(F)(F)F)SCC1=O. The molecule has 4 nitrogen and oxygen atoms in total. The van der Waals surface area contributed by atoms with Crippen molar-refractivity contribution < 1.29 is 18.0 Å². The van der Waals surface area contributed by atoms with Gasteiger partial charge in [0.25, 0.3) is 0 Å². The maximum absolute atomic E-state index is 13.8. The average Bonchev–Trinajstić information content (AvgIpc) is 2.94. The minimum atomic E-state index is -4.52. The number of nitriles is 1. The Labute approximate surface area is 147 Å². The number of ketones is 1. The number of halogens is 3. The molecule has 1 aromatic rings. The fourth-order valence-corrected chi connectivity index (χ4v) is 4.11. The summed E-state index contributed by atoms with van der Waals surface area (Å²) in [5.41, 5.74) is -0.641. The molecule has 0 radical (unpaired) electrons. The average molecular weight is 367 g/mol. The van der Waals surface area contributed by atoms with Crippen molar-refractivity contribution in [1.29, 1.82) is 5.26 Å². The Morgan fingerprint density at radius 2 is 2.00 bits per heavy atom. The number of rotatable bonds is 3. The van der Waals surface area contributed by atoms with Gasteiger partial charge in [0.1, 0.15) is 11.6 Å². The van der Waals surface area contributed by atoms with E-state index in [9.17, 15) is 18.0 Å². The van der Waals surface area contributed by atoms with Crippen LogP contribution in [0.5, 0.6) is 0 Å². The molecule has 2 N–H and O–H groups in total.